The lowest BCUT2D eigenvalue weighted by Gasteiger charge is -2.41. The van der Waals surface area contributed by atoms with Crippen LogP contribution in [0.25, 0.3) is 0 Å². The van der Waals surface area contributed by atoms with Crippen molar-refractivity contribution in [3.05, 3.63) is 0 Å². The third-order valence-corrected chi connectivity index (χ3v) is 4.37. The van der Waals surface area contributed by atoms with Gasteiger partial charge >= 0.3 is 0 Å². The molecule has 0 amide bonds. The highest BCUT2D eigenvalue weighted by Crippen LogP contribution is 2.54. The fraction of sp³-hybridized carbons (Fsp3) is 1.00. The maximum Gasteiger partial charge on any atom is 0.0599 e. The van der Waals surface area contributed by atoms with Crippen LogP contribution < -0.4 is 0 Å². The fourth-order valence-corrected chi connectivity index (χ4v) is 3.55. The molecular formula is C13H26O. The van der Waals surface area contributed by atoms with Gasteiger partial charge in [-0.15, -0.1) is 0 Å². The van der Waals surface area contributed by atoms with Gasteiger partial charge in [0.2, 0.25) is 0 Å². The van der Waals surface area contributed by atoms with E-state index in [1.807, 2.05) is 13.8 Å². The second-order valence-corrected chi connectivity index (χ2v) is 4.62. The lowest BCUT2D eigenvalue weighted by atomic mass is 9.66. The van der Waals surface area contributed by atoms with E-state index in [1.165, 1.54) is 38.5 Å². The Bertz CT molecular complexity index is 165. The first-order valence-corrected chi connectivity index (χ1v) is 6.47. The highest BCUT2D eigenvalue weighted by Gasteiger charge is 2.48. The summed E-state index contributed by atoms with van der Waals surface area (Å²) < 4.78 is 0. The van der Waals surface area contributed by atoms with E-state index in [1.54, 1.807) is 0 Å². The molecule has 84 valence electrons. The zero-order valence-electron chi connectivity index (χ0n) is 10.1. The molecule has 3 atom stereocenters. The van der Waals surface area contributed by atoms with Crippen molar-refractivity contribution in [2.24, 2.45) is 11.3 Å². The molecule has 0 radical (unpaired) electrons. The van der Waals surface area contributed by atoms with E-state index in [4.69, 9.17) is 0 Å². The SMILES string of the molecule is CC.CCC12CCCCC1CCC2O. The minimum absolute atomic E-state index is 0.0211. The highest BCUT2D eigenvalue weighted by atomic mass is 16.3. The molecule has 0 aliphatic heterocycles. The molecule has 2 saturated carbocycles. The van der Waals surface area contributed by atoms with Crippen molar-refractivity contribution in [3.8, 4) is 0 Å². The molecule has 2 fully saturated rings. The van der Waals surface area contributed by atoms with Gasteiger partial charge in [-0.05, 0) is 43.4 Å². The minimum atomic E-state index is 0.0211. The standard InChI is InChI=1S/C11H20O.C2H6/c1-2-11-8-4-3-5-9(11)6-7-10(11)12;1-2/h9-10,12H,2-8H2,1H3;1-2H3. The summed E-state index contributed by atoms with van der Waals surface area (Å²) in [7, 11) is 0. The topological polar surface area (TPSA) is 20.2 Å². The van der Waals surface area contributed by atoms with Crippen molar-refractivity contribution in [2.75, 3.05) is 0 Å². The van der Waals surface area contributed by atoms with E-state index in [0.717, 1.165) is 12.3 Å². The van der Waals surface area contributed by atoms with E-state index >= 15 is 0 Å². The molecule has 0 bridgehead atoms. The maximum atomic E-state index is 9.97. The quantitative estimate of drug-likeness (QED) is 0.680. The number of hydrogen-bond donors (Lipinski definition) is 1. The molecule has 2 aliphatic rings. The average molecular weight is 198 g/mol. The van der Waals surface area contributed by atoms with Crippen molar-refractivity contribution >= 4 is 0 Å². The Balaban J connectivity index is 0.000000461. The van der Waals surface area contributed by atoms with Gasteiger partial charge in [0.25, 0.3) is 0 Å². The molecule has 0 aromatic carbocycles. The summed E-state index contributed by atoms with van der Waals surface area (Å²) in [5, 5.41) is 9.97. The largest absolute Gasteiger partial charge is 0.393 e. The van der Waals surface area contributed by atoms with Crippen LogP contribution in [-0.4, -0.2) is 11.2 Å². The van der Waals surface area contributed by atoms with E-state index in [-0.39, 0.29) is 6.10 Å². The predicted octanol–water partition coefficient (Wildman–Crippen LogP) is 3.75. The van der Waals surface area contributed by atoms with Crippen LogP contribution in [0.1, 0.15) is 65.7 Å². The molecule has 2 rings (SSSR count). The predicted molar refractivity (Wildman–Crippen MR) is 61.3 cm³/mol. The Morgan fingerprint density at radius 2 is 1.86 bits per heavy atom. The Morgan fingerprint density at radius 3 is 2.43 bits per heavy atom. The Morgan fingerprint density at radius 1 is 1.14 bits per heavy atom. The van der Waals surface area contributed by atoms with Crippen LogP contribution in [0, 0.1) is 11.3 Å². The molecule has 14 heavy (non-hydrogen) atoms. The third-order valence-electron chi connectivity index (χ3n) is 4.37. The summed E-state index contributed by atoms with van der Waals surface area (Å²) >= 11 is 0. The molecule has 1 N–H and O–H groups in total. The highest BCUT2D eigenvalue weighted by molar-refractivity contribution is 4.99. The summed E-state index contributed by atoms with van der Waals surface area (Å²) in [6.07, 6.45) is 8.99. The first-order chi connectivity index (χ1) is 6.79. The van der Waals surface area contributed by atoms with Gasteiger partial charge in [-0.25, -0.2) is 0 Å². The maximum absolute atomic E-state index is 9.97. The number of aliphatic hydroxyl groups excluding tert-OH is 1. The lowest BCUT2D eigenvalue weighted by Crippen LogP contribution is -2.37. The van der Waals surface area contributed by atoms with Crippen LogP contribution in [0.3, 0.4) is 0 Å². The summed E-state index contributed by atoms with van der Waals surface area (Å²) in [5.41, 5.74) is 0.345. The number of hydrogen-bond acceptors (Lipinski definition) is 1. The Kier molecular flexibility index (Phi) is 4.43. The molecule has 2 aliphatic carbocycles. The molecule has 1 nitrogen and oxygen atoms in total. The van der Waals surface area contributed by atoms with Gasteiger partial charge in [0.15, 0.2) is 0 Å². The third kappa shape index (κ3) is 1.84. The second kappa shape index (κ2) is 5.16. The van der Waals surface area contributed by atoms with Crippen molar-refractivity contribution in [1.82, 2.24) is 0 Å². The molecule has 1 heteroatoms. The van der Waals surface area contributed by atoms with Crippen LogP contribution in [0.15, 0.2) is 0 Å². The van der Waals surface area contributed by atoms with Crippen LogP contribution >= 0.6 is 0 Å². The molecule has 0 aromatic heterocycles. The Labute approximate surface area is 88.9 Å². The number of aliphatic hydroxyl groups is 1. The number of fused-ring (bicyclic) bond motifs is 1. The van der Waals surface area contributed by atoms with Crippen molar-refractivity contribution in [2.45, 2.75) is 71.8 Å². The molecule has 0 heterocycles. The van der Waals surface area contributed by atoms with Crippen molar-refractivity contribution in [1.29, 1.82) is 0 Å². The van der Waals surface area contributed by atoms with E-state index in [0.29, 0.717) is 5.41 Å². The van der Waals surface area contributed by atoms with Crippen LogP contribution in [0.2, 0.25) is 0 Å². The second-order valence-electron chi connectivity index (χ2n) is 4.62. The van der Waals surface area contributed by atoms with Crippen molar-refractivity contribution < 1.29 is 5.11 Å². The first-order valence-electron chi connectivity index (χ1n) is 6.47. The van der Waals surface area contributed by atoms with E-state index in [2.05, 4.69) is 6.92 Å². The summed E-state index contributed by atoms with van der Waals surface area (Å²) in [6, 6.07) is 0. The van der Waals surface area contributed by atoms with Crippen LogP contribution in [0.4, 0.5) is 0 Å². The lowest BCUT2D eigenvalue weighted by molar-refractivity contribution is -0.00475. The van der Waals surface area contributed by atoms with Gasteiger partial charge in [-0.2, -0.15) is 0 Å². The van der Waals surface area contributed by atoms with Gasteiger partial charge in [0, 0.05) is 0 Å². The summed E-state index contributed by atoms with van der Waals surface area (Å²) in [5.74, 6) is 0.853. The van der Waals surface area contributed by atoms with Crippen LogP contribution in [-0.2, 0) is 0 Å². The molecule has 0 spiro atoms. The monoisotopic (exact) mass is 198 g/mol. The first kappa shape index (κ1) is 12.0. The zero-order valence-corrected chi connectivity index (χ0v) is 10.1. The minimum Gasteiger partial charge on any atom is -0.393 e. The normalized spacial score (nSPS) is 41.1. The van der Waals surface area contributed by atoms with E-state index in [9.17, 15) is 5.11 Å². The smallest absolute Gasteiger partial charge is 0.0599 e. The van der Waals surface area contributed by atoms with Gasteiger partial charge in [0.1, 0.15) is 0 Å². The molecular weight excluding hydrogens is 172 g/mol. The van der Waals surface area contributed by atoms with Gasteiger partial charge in [-0.3, -0.25) is 0 Å². The zero-order chi connectivity index (χ0) is 10.6. The molecule has 3 unspecified atom stereocenters. The Hall–Kier alpha value is -0.0400. The molecule has 0 aromatic rings. The molecule has 0 saturated heterocycles. The number of rotatable bonds is 1. The van der Waals surface area contributed by atoms with Gasteiger partial charge < -0.3 is 5.11 Å². The van der Waals surface area contributed by atoms with Gasteiger partial charge in [-0.1, -0.05) is 33.6 Å². The van der Waals surface area contributed by atoms with Crippen LogP contribution in [0.5, 0.6) is 0 Å². The van der Waals surface area contributed by atoms with Crippen molar-refractivity contribution in [3.63, 3.8) is 0 Å². The van der Waals surface area contributed by atoms with Gasteiger partial charge in [0.05, 0.1) is 6.10 Å². The summed E-state index contributed by atoms with van der Waals surface area (Å²) in [6.45, 7) is 6.26. The fourth-order valence-electron chi connectivity index (χ4n) is 3.55. The van der Waals surface area contributed by atoms with E-state index < -0.39 is 0 Å². The summed E-state index contributed by atoms with van der Waals surface area (Å²) in [4.78, 5) is 0. The average Bonchev–Trinajstić information content (AvgIpc) is 2.60.